The molecule has 0 bridgehead atoms. The number of amides is 2. The molecule has 2 amide bonds. The van der Waals surface area contributed by atoms with E-state index < -0.39 is 0 Å². The van der Waals surface area contributed by atoms with Crippen molar-refractivity contribution in [2.24, 2.45) is 5.92 Å². The van der Waals surface area contributed by atoms with Crippen molar-refractivity contribution in [2.75, 3.05) is 26.2 Å². The Labute approximate surface area is 152 Å². The highest BCUT2D eigenvalue weighted by molar-refractivity contribution is 6.43. The summed E-state index contributed by atoms with van der Waals surface area (Å²) >= 11 is 12.1. The quantitative estimate of drug-likeness (QED) is 0.749. The molecule has 24 heavy (non-hydrogen) atoms. The summed E-state index contributed by atoms with van der Waals surface area (Å²) in [6, 6.07) is 5.07. The van der Waals surface area contributed by atoms with Gasteiger partial charge in [-0.1, -0.05) is 41.4 Å². The zero-order valence-electron chi connectivity index (χ0n) is 13.4. The molecule has 1 aromatic carbocycles. The number of hydrogen-bond donors (Lipinski definition) is 0. The summed E-state index contributed by atoms with van der Waals surface area (Å²) in [4.78, 5) is 28.8. The number of carbonyl (C=O) groups excluding carboxylic acids is 2. The average molecular weight is 367 g/mol. The molecule has 0 radical (unpaired) electrons. The lowest BCUT2D eigenvalue weighted by atomic mass is 9.93. The van der Waals surface area contributed by atoms with Crippen LogP contribution in [0.15, 0.2) is 30.4 Å². The molecule has 0 aromatic heterocycles. The average Bonchev–Trinajstić information content (AvgIpc) is 2.64. The predicted molar refractivity (Wildman–Crippen MR) is 95.4 cm³/mol. The lowest BCUT2D eigenvalue weighted by Crippen LogP contribution is -2.52. The van der Waals surface area contributed by atoms with E-state index in [9.17, 15) is 9.59 Å². The molecular weight excluding hydrogens is 347 g/mol. The van der Waals surface area contributed by atoms with Gasteiger partial charge in [0.05, 0.1) is 15.6 Å². The topological polar surface area (TPSA) is 40.6 Å². The molecule has 1 atom stereocenters. The van der Waals surface area contributed by atoms with Crippen molar-refractivity contribution in [3.63, 3.8) is 0 Å². The van der Waals surface area contributed by atoms with Crippen LogP contribution in [0.2, 0.25) is 10.0 Å². The minimum atomic E-state index is -0.129. The first kappa shape index (κ1) is 17.3. The third kappa shape index (κ3) is 3.60. The highest BCUT2D eigenvalue weighted by atomic mass is 35.5. The summed E-state index contributed by atoms with van der Waals surface area (Å²) in [6.45, 7) is 2.19. The summed E-state index contributed by atoms with van der Waals surface area (Å²) in [7, 11) is 0. The van der Waals surface area contributed by atoms with Gasteiger partial charge in [-0.05, 0) is 31.4 Å². The lowest BCUT2D eigenvalue weighted by molar-refractivity contribution is -0.137. The van der Waals surface area contributed by atoms with Gasteiger partial charge in [-0.15, -0.1) is 0 Å². The van der Waals surface area contributed by atoms with E-state index in [0.717, 1.165) is 19.3 Å². The maximum absolute atomic E-state index is 12.6. The van der Waals surface area contributed by atoms with Crippen molar-refractivity contribution >= 4 is 35.0 Å². The van der Waals surface area contributed by atoms with E-state index in [-0.39, 0.29) is 22.8 Å². The lowest BCUT2D eigenvalue weighted by Gasteiger charge is -2.36. The van der Waals surface area contributed by atoms with Gasteiger partial charge in [0.15, 0.2) is 0 Å². The standard InChI is InChI=1S/C18H20Cl2N2O2/c19-15-8-4-7-14(16(15)20)18(24)22-11-9-21(10-12-22)17(23)13-5-2-1-3-6-13/h1-2,4,7-8,13H,3,5-6,9-12H2/t13-/m0/s1. The Morgan fingerprint density at radius 1 is 1.00 bits per heavy atom. The minimum Gasteiger partial charge on any atom is -0.339 e. The Morgan fingerprint density at radius 2 is 1.71 bits per heavy atom. The molecule has 6 heteroatoms. The number of allylic oxidation sites excluding steroid dienone is 2. The SMILES string of the molecule is O=C(c1cccc(Cl)c1Cl)N1CCN(C(=O)[C@H]2CC=CCC2)CC1. The first-order valence-corrected chi connectivity index (χ1v) is 9.00. The molecule has 0 spiro atoms. The molecule has 128 valence electrons. The van der Waals surface area contributed by atoms with Crippen LogP contribution in [0.4, 0.5) is 0 Å². The Morgan fingerprint density at radius 3 is 2.38 bits per heavy atom. The van der Waals surface area contributed by atoms with Crippen molar-refractivity contribution in [3.05, 3.63) is 46.0 Å². The van der Waals surface area contributed by atoms with Gasteiger partial charge in [0.1, 0.15) is 0 Å². The van der Waals surface area contributed by atoms with Crippen molar-refractivity contribution in [1.29, 1.82) is 0 Å². The molecule has 4 nitrogen and oxygen atoms in total. The van der Waals surface area contributed by atoms with Gasteiger partial charge < -0.3 is 9.80 Å². The maximum atomic E-state index is 12.6. The van der Waals surface area contributed by atoms with Crippen LogP contribution in [0, 0.1) is 5.92 Å². The molecule has 1 heterocycles. The third-order valence-corrected chi connectivity index (χ3v) is 5.50. The monoisotopic (exact) mass is 366 g/mol. The number of benzene rings is 1. The molecule has 0 unspecified atom stereocenters. The Kier molecular flexibility index (Phi) is 5.47. The smallest absolute Gasteiger partial charge is 0.255 e. The van der Waals surface area contributed by atoms with E-state index in [2.05, 4.69) is 12.2 Å². The van der Waals surface area contributed by atoms with Gasteiger partial charge in [0.25, 0.3) is 5.91 Å². The van der Waals surface area contributed by atoms with E-state index >= 15 is 0 Å². The fraction of sp³-hybridized carbons (Fsp3) is 0.444. The first-order valence-electron chi connectivity index (χ1n) is 8.25. The number of hydrogen-bond acceptors (Lipinski definition) is 2. The van der Waals surface area contributed by atoms with Crippen LogP contribution in [0.25, 0.3) is 0 Å². The van der Waals surface area contributed by atoms with Crippen LogP contribution in [0.5, 0.6) is 0 Å². The largest absolute Gasteiger partial charge is 0.339 e. The second kappa shape index (κ2) is 7.58. The summed E-state index contributed by atoms with van der Waals surface area (Å²) in [5.74, 6) is 0.182. The fourth-order valence-corrected chi connectivity index (χ4v) is 3.63. The van der Waals surface area contributed by atoms with Gasteiger partial charge in [0.2, 0.25) is 5.91 Å². The van der Waals surface area contributed by atoms with Gasteiger partial charge in [-0.2, -0.15) is 0 Å². The van der Waals surface area contributed by atoms with Gasteiger partial charge in [-0.25, -0.2) is 0 Å². The zero-order valence-corrected chi connectivity index (χ0v) is 14.9. The van der Waals surface area contributed by atoms with Crippen molar-refractivity contribution in [1.82, 2.24) is 9.80 Å². The van der Waals surface area contributed by atoms with Crippen LogP contribution in [-0.4, -0.2) is 47.8 Å². The number of piperazine rings is 1. The first-order chi connectivity index (χ1) is 11.6. The van der Waals surface area contributed by atoms with Gasteiger partial charge in [-0.3, -0.25) is 9.59 Å². The highest BCUT2D eigenvalue weighted by Crippen LogP contribution is 2.27. The van der Waals surface area contributed by atoms with Crippen molar-refractivity contribution < 1.29 is 9.59 Å². The van der Waals surface area contributed by atoms with Crippen LogP contribution in [0.3, 0.4) is 0 Å². The van der Waals surface area contributed by atoms with Crippen molar-refractivity contribution in [2.45, 2.75) is 19.3 Å². The van der Waals surface area contributed by atoms with Crippen molar-refractivity contribution in [3.8, 4) is 0 Å². The van der Waals surface area contributed by atoms with E-state index in [0.29, 0.717) is 36.8 Å². The normalized spacial score (nSPS) is 21.0. The Bertz CT molecular complexity index is 667. The summed E-state index contributed by atoms with van der Waals surface area (Å²) in [5.41, 5.74) is 0.418. The van der Waals surface area contributed by atoms with Crippen LogP contribution in [0.1, 0.15) is 29.6 Å². The minimum absolute atomic E-state index is 0.0969. The summed E-state index contributed by atoms with van der Waals surface area (Å²) in [6.07, 6.45) is 6.95. The van der Waals surface area contributed by atoms with E-state index in [1.165, 1.54) is 0 Å². The Hall–Kier alpha value is -1.52. The second-order valence-electron chi connectivity index (χ2n) is 6.20. The van der Waals surface area contributed by atoms with Crippen LogP contribution >= 0.6 is 23.2 Å². The number of halogens is 2. The molecule has 1 saturated heterocycles. The molecule has 1 fully saturated rings. The number of nitrogens with zero attached hydrogens (tertiary/aromatic N) is 2. The number of rotatable bonds is 2. The van der Waals surface area contributed by atoms with E-state index in [1.807, 2.05) is 4.90 Å². The zero-order chi connectivity index (χ0) is 17.1. The number of carbonyl (C=O) groups is 2. The molecule has 0 N–H and O–H groups in total. The molecule has 1 aromatic rings. The third-order valence-electron chi connectivity index (χ3n) is 4.68. The van der Waals surface area contributed by atoms with Gasteiger partial charge in [0, 0.05) is 32.1 Å². The summed E-state index contributed by atoms with van der Waals surface area (Å²) < 4.78 is 0. The second-order valence-corrected chi connectivity index (χ2v) is 6.99. The highest BCUT2D eigenvalue weighted by Gasteiger charge is 2.29. The van der Waals surface area contributed by atoms with Crippen LogP contribution in [-0.2, 0) is 4.79 Å². The molecule has 2 aliphatic rings. The van der Waals surface area contributed by atoms with E-state index in [1.54, 1.807) is 23.1 Å². The Balaban J connectivity index is 1.60. The molecule has 1 aliphatic carbocycles. The molecule has 3 rings (SSSR count). The maximum Gasteiger partial charge on any atom is 0.255 e. The summed E-state index contributed by atoms with van der Waals surface area (Å²) in [5, 5.41) is 0.665. The predicted octanol–water partition coefficient (Wildman–Crippen LogP) is 3.63. The van der Waals surface area contributed by atoms with Gasteiger partial charge >= 0.3 is 0 Å². The molecule has 1 aliphatic heterocycles. The van der Waals surface area contributed by atoms with E-state index in [4.69, 9.17) is 23.2 Å². The molecular formula is C18H20Cl2N2O2. The molecule has 0 saturated carbocycles. The van der Waals surface area contributed by atoms with Crippen LogP contribution < -0.4 is 0 Å². The fourth-order valence-electron chi connectivity index (χ4n) is 3.25.